The van der Waals surface area contributed by atoms with Crippen LogP contribution in [0.2, 0.25) is 0 Å². The third kappa shape index (κ3) is 2.49. The molecular weight excluding hydrogens is 216 g/mol. The summed E-state index contributed by atoms with van der Waals surface area (Å²) in [6.07, 6.45) is 15.5. The highest BCUT2D eigenvalue weighted by atomic mass is 14.5. The number of hydrogen-bond acceptors (Lipinski definition) is 0. The topological polar surface area (TPSA) is 0 Å². The minimum absolute atomic E-state index is 1.11. The van der Waals surface area contributed by atoms with Crippen molar-refractivity contribution in [2.45, 2.75) is 78.1 Å². The molecule has 0 amide bonds. The molecule has 0 aromatic rings. The molecular formula is C18H32. The van der Waals surface area contributed by atoms with E-state index in [0.29, 0.717) is 0 Å². The molecule has 4 atom stereocenters. The number of rotatable bonds is 4. The molecule has 0 spiro atoms. The molecule has 0 bridgehead atoms. The summed E-state index contributed by atoms with van der Waals surface area (Å²) in [5.41, 5.74) is 0. The number of hydrogen-bond donors (Lipinski definition) is 0. The summed E-state index contributed by atoms with van der Waals surface area (Å²) in [5, 5.41) is 0. The predicted octanol–water partition coefficient (Wildman–Crippen LogP) is 5.67. The lowest BCUT2D eigenvalue weighted by atomic mass is 9.71. The second kappa shape index (κ2) is 5.55. The highest BCUT2D eigenvalue weighted by Gasteiger charge is 2.45. The molecule has 0 aliphatic heterocycles. The molecule has 3 fully saturated rings. The highest BCUT2D eigenvalue weighted by Crippen LogP contribution is 2.55. The molecule has 18 heavy (non-hydrogen) atoms. The van der Waals surface area contributed by atoms with Gasteiger partial charge in [0.1, 0.15) is 0 Å². The maximum atomic E-state index is 2.37. The Morgan fingerprint density at radius 2 is 0.889 bits per heavy atom. The van der Waals surface area contributed by atoms with Crippen LogP contribution in [-0.4, -0.2) is 0 Å². The lowest BCUT2D eigenvalue weighted by Crippen LogP contribution is -2.25. The maximum absolute atomic E-state index is 2.37. The van der Waals surface area contributed by atoms with Gasteiger partial charge in [0.05, 0.1) is 0 Å². The van der Waals surface area contributed by atoms with Gasteiger partial charge in [0.25, 0.3) is 0 Å². The average molecular weight is 248 g/mol. The van der Waals surface area contributed by atoms with Gasteiger partial charge in [-0.25, -0.2) is 0 Å². The molecule has 0 radical (unpaired) electrons. The second-order valence-electron chi connectivity index (χ2n) is 7.76. The van der Waals surface area contributed by atoms with Crippen LogP contribution < -0.4 is 0 Å². The van der Waals surface area contributed by atoms with Crippen LogP contribution in [0.25, 0.3) is 0 Å². The summed E-state index contributed by atoms with van der Waals surface area (Å²) in [6.45, 7) is 4.73. The van der Waals surface area contributed by atoms with Crippen LogP contribution >= 0.6 is 0 Å². The van der Waals surface area contributed by atoms with Gasteiger partial charge in [-0.15, -0.1) is 0 Å². The molecule has 3 aliphatic carbocycles. The summed E-state index contributed by atoms with van der Waals surface area (Å²) in [5.74, 6) is 6.78. The van der Waals surface area contributed by atoms with Crippen molar-refractivity contribution in [2.24, 2.45) is 35.5 Å². The largest absolute Gasteiger partial charge is 0.0654 e. The maximum Gasteiger partial charge on any atom is -0.0380 e. The Morgan fingerprint density at radius 3 is 1.17 bits per heavy atom. The van der Waals surface area contributed by atoms with Crippen LogP contribution in [0.3, 0.4) is 0 Å². The van der Waals surface area contributed by atoms with Gasteiger partial charge in [-0.3, -0.25) is 0 Å². The van der Waals surface area contributed by atoms with E-state index in [-0.39, 0.29) is 0 Å². The predicted molar refractivity (Wildman–Crippen MR) is 78.5 cm³/mol. The fourth-order valence-electron chi connectivity index (χ4n) is 5.90. The van der Waals surface area contributed by atoms with E-state index in [0.717, 1.165) is 35.5 Å². The average Bonchev–Trinajstić information content (AvgIpc) is 2.88. The molecule has 3 rings (SSSR count). The Kier molecular flexibility index (Phi) is 4.01. The van der Waals surface area contributed by atoms with Crippen molar-refractivity contribution in [3.05, 3.63) is 0 Å². The fraction of sp³-hybridized carbons (Fsp3) is 1.00. The molecule has 0 aromatic carbocycles. The molecule has 0 saturated heterocycles. The van der Waals surface area contributed by atoms with Crippen LogP contribution in [-0.2, 0) is 0 Å². The zero-order valence-corrected chi connectivity index (χ0v) is 12.5. The Morgan fingerprint density at radius 1 is 0.556 bits per heavy atom. The monoisotopic (exact) mass is 248 g/mol. The van der Waals surface area contributed by atoms with Crippen LogP contribution in [0.5, 0.6) is 0 Å². The molecule has 4 unspecified atom stereocenters. The quantitative estimate of drug-likeness (QED) is 0.601. The Hall–Kier alpha value is 0. The van der Waals surface area contributed by atoms with Crippen molar-refractivity contribution in [3.8, 4) is 0 Å². The van der Waals surface area contributed by atoms with E-state index in [1.165, 1.54) is 25.7 Å². The van der Waals surface area contributed by atoms with Gasteiger partial charge in [0.15, 0.2) is 0 Å². The Labute approximate surface area is 114 Å². The minimum atomic E-state index is 1.11. The van der Waals surface area contributed by atoms with Gasteiger partial charge in [-0.05, 0) is 74.0 Å². The van der Waals surface area contributed by atoms with Crippen molar-refractivity contribution in [1.29, 1.82) is 0 Å². The van der Waals surface area contributed by atoms with Gasteiger partial charge >= 0.3 is 0 Å². The van der Waals surface area contributed by atoms with Crippen molar-refractivity contribution in [1.82, 2.24) is 0 Å². The first-order valence-electron chi connectivity index (χ1n) is 8.80. The van der Waals surface area contributed by atoms with E-state index in [4.69, 9.17) is 0 Å². The third-order valence-corrected chi connectivity index (χ3v) is 6.48. The van der Waals surface area contributed by atoms with Gasteiger partial charge < -0.3 is 0 Å². The normalized spacial score (nSPS) is 47.0. The van der Waals surface area contributed by atoms with Crippen molar-refractivity contribution < 1.29 is 0 Å². The van der Waals surface area contributed by atoms with Gasteiger partial charge in [0, 0.05) is 0 Å². The third-order valence-electron chi connectivity index (χ3n) is 6.48. The number of fused-ring (bicyclic) bond motifs is 2. The molecule has 0 heteroatoms. The molecule has 3 saturated carbocycles. The van der Waals surface area contributed by atoms with E-state index in [1.54, 1.807) is 38.5 Å². The lowest BCUT2D eigenvalue weighted by Gasteiger charge is -2.34. The fourth-order valence-corrected chi connectivity index (χ4v) is 5.90. The molecule has 0 N–H and O–H groups in total. The molecule has 3 aliphatic rings. The molecule has 104 valence electrons. The minimum Gasteiger partial charge on any atom is -0.0654 e. The standard InChI is InChI=1S/C18H32/c1-3-5-13-7-15-11-17-9-14(6-4-2)10-18(17)12-16(15)8-13/h13-18H,3-12H2,1-2H3. The summed E-state index contributed by atoms with van der Waals surface area (Å²) in [7, 11) is 0. The van der Waals surface area contributed by atoms with E-state index in [9.17, 15) is 0 Å². The molecule has 0 nitrogen and oxygen atoms in total. The lowest BCUT2D eigenvalue weighted by molar-refractivity contribution is 0.157. The van der Waals surface area contributed by atoms with Crippen molar-refractivity contribution >= 4 is 0 Å². The smallest absolute Gasteiger partial charge is 0.0380 e. The first kappa shape index (κ1) is 13.0. The van der Waals surface area contributed by atoms with Gasteiger partial charge in [0.2, 0.25) is 0 Å². The Balaban J connectivity index is 1.56. The second-order valence-corrected chi connectivity index (χ2v) is 7.76. The van der Waals surface area contributed by atoms with Crippen molar-refractivity contribution in [2.75, 3.05) is 0 Å². The summed E-state index contributed by atoms with van der Waals surface area (Å²) in [4.78, 5) is 0. The van der Waals surface area contributed by atoms with Crippen LogP contribution in [0.4, 0.5) is 0 Å². The van der Waals surface area contributed by atoms with Gasteiger partial charge in [-0.1, -0.05) is 39.5 Å². The van der Waals surface area contributed by atoms with Crippen molar-refractivity contribution in [3.63, 3.8) is 0 Å². The molecule has 0 aromatic heterocycles. The van der Waals surface area contributed by atoms with Crippen LogP contribution in [0.1, 0.15) is 78.1 Å². The van der Waals surface area contributed by atoms with Crippen LogP contribution in [0, 0.1) is 35.5 Å². The zero-order chi connectivity index (χ0) is 12.5. The first-order valence-corrected chi connectivity index (χ1v) is 8.80. The zero-order valence-electron chi connectivity index (χ0n) is 12.5. The van der Waals surface area contributed by atoms with Crippen LogP contribution in [0.15, 0.2) is 0 Å². The Bertz CT molecular complexity index is 221. The molecule has 0 heterocycles. The summed E-state index contributed by atoms with van der Waals surface area (Å²) < 4.78 is 0. The van der Waals surface area contributed by atoms with E-state index < -0.39 is 0 Å². The first-order chi connectivity index (χ1) is 8.80. The summed E-state index contributed by atoms with van der Waals surface area (Å²) in [6, 6.07) is 0. The van der Waals surface area contributed by atoms with E-state index in [1.807, 2.05) is 0 Å². The van der Waals surface area contributed by atoms with E-state index >= 15 is 0 Å². The highest BCUT2D eigenvalue weighted by molar-refractivity contribution is 4.96. The SMILES string of the molecule is CCCC1CC2CC3CC(CCC)CC3CC2C1. The van der Waals surface area contributed by atoms with Gasteiger partial charge in [-0.2, -0.15) is 0 Å². The summed E-state index contributed by atoms with van der Waals surface area (Å²) >= 11 is 0. The van der Waals surface area contributed by atoms with E-state index in [2.05, 4.69) is 13.8 Å².